The van der Waals surface area contributed by atoms with E-state index in [1.807, 2.05) is 48.5 Å². The fraction of sp³-hybridized carbons (Fsp3) is 0.231. The Labute approximate surface area is 199 Å². The smallest absolute Gasteiger partial charge is 0.312 e. The fourth-order valence-corrected chi connectivity index (χ4v) is 6.10. The summed E-state index contributed by atoms with van der Waals surface area (Å²) in [7, 11) is -3.63. The first kappa shape index (κ1) is 22.3. The first-order chi connectivity index (χ1) is 16.4. The lowest BCUT2D eigenvalue weighted by molar-refractivity contribution is -0.116. The number of para-hydroxylation sites is 1. The number of carbonyl (C=O) groups excluding carboxylic acids is 2. The fourth-order valence-electron chi connectivity index (χ4n) is 4.63. The summed E-state index contributed by atoms with van der Waals surface area (Å²) in [5, 5.41) is 0. The minimum Gasteiger partial charge on any atom is -0.312 e. The van der Waals surface area contributed by atoms with Gasteiger partial charge in [-0.15, -0.1) is 0 Å². The summed E-state index contributed by atoms with van der Waals surface area (Å²) in [4.78, 5) is 28.5. The van der Waals surface area contributed by atoms with Crippen molar-refractivity contribution in [2.45, 2.75) is 23.8 Å². The molecule has 7 nitrogen and oxygen atoms in total. The molecule has 0 spiro atoms. The van der Waals surface area contributed by atoms with Gasteiger partial charge in [0, 0.05) is 19.1 Å². The highest BCUT2D eigenvalue weighted by molar-refractivity contribution is 7.89. The lowest BCUT2D eigenvalue weighted by Gasteiger charge is -2.35. The van der Waals surface area contributed by atoms with Gasteiger partial charge in [-0.3, -0.25) is 4.79 Å². The minimum atomic E-state index is -3.63. The molecule has 0 atom stereocenters. The average Bonchev–Trinajstić information content (AvgIpc) is 3.19. The molecule has 3 aromatic rings. The monoisotopic (exact) mass is 475 g/mol. The Morgan fingerprint density at radius 1 is 0.706 bits per heavy atom. The van der Waals surface area contributed by atoms with Crippen molar-refractivity contribution >= 4 is 27.6 Å². The Bertz CT molecular complexity index is 1290. The Kier molecular flexibility index (Phi) is 5.93. The van der Waals surface area contributed by atoms with Crippen LogP contribution in [0.4, 0.5) is 10.5 Å². The maximum absolute atomic E-state index is 13.2. The largest absolute Gasteiger partial charge is 0.332 e. The number of hydrogen-bond acceptors (Lipinski definition) is 4. The van der Waals surface area contributed by atoms with Crippen molar-refractivity contribution in [3.05, 3.63) is 84.9 Å². The second-order valence-corrected chi connectivity index (χ2v) is 10.4. The van der Waals surface area contributed by atoms with Crippen molar-refractivity contribution in [3.63, 3.8) is 0 Å². The first-order valence-electron chi connectivity index (χ1n) is 11.3. The number of rotatable bonds is 5. The van der Waals surface area contributed by atoms with Gasteiger partial charge < -0.3 is 4.90 Å². The van der Waals surface area contributed by atoms with Crippen LogP contribution >= 0.6 is 0 Å². The molecule has 8 heteroatoms. The van der Waals surface area contributed by atoms with E-state index in [9.17, 15) is 18.0 Å². The molecule has 2 saturated heterocycles. The summed E-state index contributed by atoms with van der Waals surface area (Å²) in [5.41, 5.74) is 2.54. The Morgan fingerprint density at radius 2 is 1.26 bits per heavy atom. The summed E-state index contributed by atoms with van der Waals surface area (Å²) in [6.07, 6.45) is 0.978. The van der Waals surface area contributed by atoms with Gasteiger partial charge in [0.15, 0.2) is 0 Å². The van der Waals surface area contributed by atoms with E-state index in [-0.39, 0.29) is 29.4 Å². The van der Waals surface area contributed by atoms with E-state index in [4.69, 9.17) is 0 Å². The molecule has 2 heterocycles. The molecule has 3 aromatic carbocycles. The number of urea groups is 1. The first-order valence-corrected chi connectivity index (χ1v) is 12.7. The van der Waals surface area contributed by atoms with Gasteiger partial charge in [0.2, 0.25) is 10.0 Å². The van der Waals surface area contributed by atoms with Crippen LogP contribution in [0.1, 0.15) is 12.8 Å². The Balaban J connectivity index is 1.25. The van der Waals surface area contributed by atoms with Crippen molar-refractivity contribution in [2.75, 3.05) is 24.5 Å². The quantitative estimate of drug-likeness (QED) is 0.523. The summed E-state index contributed by atoms with van der Waals surface area (Å²) >= 11 is 0. The van der Waals surface area contributed by atoms with Crippen LogP contribution in [0.2, 0.25) is 0 Å². The van der Waals surface area contributed by atoms with E-state index in [1.165, 1.54) is 9.21 Å². The van der Waals surface area contributed by atoms with Crippen LogP contribution in [0, 0.1) is 0 Å². The van der Waals surface area contributed by atoms with E-state index in [0.29, 0.717) is 31.6 Å². The highest BCUT2D eigenvalue weighted by Gasteiger charge is 2.42. The lowest BCUT2D eigenvalue weighted by Crippen LogP contribution is -2.48. The Hall–Kier alpha value is -3.49. The van der Waals surface area contributed by atoms with Gasteiger partial charge in [-0.1, -0.05) is 60.7 Å². The molecule has 0 bridgehead atoms. The average molecular weight is 476 g/mol. The predicted molar refractivity (Wildman–Crippen MR) is 130 cm³/mol. The number of hydrogen-bond donors (Lipinski definition) is 0. The van der Waals surface area contributed by atoms with Crippen LogP contribution in [0.15, 0.2) is 89.8 Å². The minimum absolute atomic E-state index is 0.0199. The van der Waals surface area contributed by atoms with Crippen molar-refractivity contribution < 1.29 is 18.0 Å². The molecule has 174 valence electrons. The van der Waals surface area contributed by atoms with Crippen LogP contribution in [0.5, 0.6) is 0 Å². The molecular formula is C26H25N3O4S. The number of benzene rings is 3. The van der Waals surface area contributed by atoms with Crippen LogP contribution in [0.25, 0.3) is 11.1 Å². The van der Waals surface area contributed by atoms with Crippen molar-refractivity contribution in [2.24, 2.45) is 0 Å². The van der Waals surface area contributed by atoms with Gasteiger partial charge in [0.1, 0.15) is 6.54 Å². The van der Waals surface area contributed by atoms with E-state index in [2.05, 4.69) is 0 Å². The maximum Gasteiger partial charge on any atom is 0.332 e. The van der Waals surface area contributed by atoms with E-state index in [1.54, 1.807) is 41.3 Å². The molecule has 2 aliphatic rings. The van der Waals surface area contributed by atoms with E-state index >= 15 is 0 Å². The third kappa shape index (κ3) is 4.10. The molecule has 0 aromatic heterocycles. The van der Waals surface area contributed by atoms with Crippen molar-refractivity contribution in [1.29, 1.82) is 0 Å². The molecule has 0 aliphatic carbocycles. The number of nitrogens with zero attached hydrogens (tertiary/aromatic N) is 3. The SMILES string of the molecule is O=C1CN(C2CCN(S(=O)(=O)c3ccc(-c4ccccc4)cc3)CC2)C(=O)N1c1ccccc1. The van der Waals surface area contributed by atoms with Crippen molar-refractivity contribution in [3.8, 4) is 11.1 Å². The lowest BCUT2D eigenvalue weighted by atomic mass is 10.1. The number of anilines is 1. The molecular weight excluding hydrogens is 450 g/mol. The maximum atomic E-state index is 13.2. The predicted octanol–water partition coefficient (Wildman–Crippen LogP) is 3.98. The molecule has 0 saturated carbocycles. The zero-order valence-corrected chi connectivity index (χ0v) is 19.4. The molecule has 2 fully saturated rings. The number of sulfonamides is 1. The van der Waals surface area contributed by atoms with Gasteiger partial charge in [-0.25, -0.2) is 18.1 Å². The molecule has 34 heavy (non-hydrogen) atoms. The molecule has 3 amide bonds. The highest BCUT2D eigenvalue weighted by Crippen LogP contribution is 2.29. The standard InChI is InChI=1S/C26H25N3O4S/c30-25-19-28(26(31)29(25)23-9-5-2-6-10-23)22-15-17-27(18-16-22)34(32,33)24-13-11-21(12-14-24)20-7-3-1-4-8-20/h1-14,22H,15-19H2. The van der Waals surface area contributed by atoms with Crippen LogP contribution in [-0.2, 0) is 14.8 Å². The topological polar surface area (TPSA) is 78.0 Å². The van der Waals surface area contributed by atoms with Gasteiger partial charge in [0.25, 0.3) is 5.91 Å². The number of piperidine rings is 1. The third-order valence-corrected chi connectivity index (χ3v) is 8.38. The normalized spacial score (nSPS) is 18.0. The number of carbonyl (C=O) groups is 2. The van der Waals surface area contributed by atoms with Crippen LogP contribution < -0.4 is 4.90 Å². The van der Waals surface area contributed by atoms with Gasteiger partial charge in [-0.05, 0) is 48.2 Å². The Morgan fingerprint density at radius 3 is 1.88 bits per heavy atom. The second-order valence-electron chi connectivity index (χ2n) is 8.50. The van der Waals surface area contributed by atoms with Crippen LogP contribution in [0.3, 0.4) is 0 Å². The van der Waals surface area contributed by atoms with E-state index in [0.717, 1.165) is 11.1 Å². The summed E-state index contributed by atoms with van der Waals surface area (Å²) < 4.78 is 27.9. The van der Waals surface area contributed by atoms with Gasteiger partial charge in [0.05, 0.1) is 10.6 Å². The second kappa shape index (κ2) is 9.04. The number of amides is 3. The van der Waals surface area contributed by atoms with E-state index < -0.39 is 10.0 Å². The summed E-state index contributed by atoms with van der Waals surface area (Å²) in [6, 6.07) is 25.1. The highest BCUT2D eigenvalue weighted by atomic mass is 32.2. The molecule has 2 aliphatic heterocycles. The third-order valence-electron chi connectivity index (χ3n) is 6.47. The van der Waals surface area contributed by atoms with Crippen molar-refractivity contribution in [1.82, 2.24) is 9.21 Å². The molecule has 0 unspecified atom stereocenters. The molecule has 5 rings (SSSR count). The summed E-state index contributed by atoms with van der Waals surface area (Å²) in [6.45, 7) is 0.625. The van der Waals surface area contributed by atoms with Crippen LogP contribution in [-0.4, -0.2) is 55.2 Å². The molecule has 0 N–H and O–H groups in total. The molecule has 0 radical (unpaired) electrons. The van der Waals surface area contributed by atoms with Gasteiger partial charge >= 0.3 is 6.03 Å². The zero-order chi connectivity index (χ0) is 23.7. The van der Waals surface area contributed by atoms with Gasteiger partial charge in [-0.2, -0.15) is 4.31 Å². The summed E-state index contributed by atoms with van der Waals surface area (Å²) in [5.74, 6) is -0.259. The zero-order valence-electron chi connectivity index (χ0n) is 18.6. The number of imide groups is 1.